The number of nitrogen functional groups attached to an aromatic ring is 1. The van der Waals surface area contributed by atoms with Gasteiger partial charge in [-0.15, -0.1) is 0 Å². The lowest BCUT2D eigenvalue weighted by Crippen LogP contribution is -2.31. The molecule has 0 saturated carbocycles. The summed E-state index contributed by atoms with van der Waals surface area (Å²) in [4.78, 5) is 4.84. The summed E-state index contributed by atoms with van der Waals surface area (Å²) in [6.45, 7) is 4.65. The molecule has 0 aromatic heterocycles. The zero-order valence-electron chi connectivity index (χ0n) is 25.9. The average molecular weight is 612 g/mol. The molecule has 0 radical (unpaired) electrons. The number of anilines is 4. The molecule has 3 nitrogen and oxygen atoms in total. The van der Waals surface area contributed by atoms with Crippen LogP contribution < -0.4 is 10.6 Å². The van der Waals surface area contributed by atoms with E-state index in [-0.39, 0.29) is 5.41 Å². The minimum absolute atomic E-state index is 0.143. The summed E-state index contributed by atoms with van der Waals surface area (Å²) >= 11 is 1.79. The minimum Gasteiger partial charge on any atom is -0.397 e. The first kappa shape index (κ1) is 28.2. The standard InChI is InChI=1S/C42H33N3S/c1-42(2)34-15-5-7-17-37(34)45(38-18-8-6-16-35(38)42)36-19-11-14-28-30(36)24-25-33-29(23-22-27(26-43)41(33)44)32-13-4-10-21-40(32)46-39-20-9-3-12-31(28)39/h3-23H,24-25,44H2,1-2H3. The van der Waals surface area contributed by atoms with E-state index in [0.717, 1.165) is 23.1 Å². The molecule has 222 valence electrons. The number of nitrogens with two attached hydrogens (primary N) is 1. The number of nitrogens with zero attached hydrogens (tertiary/aromatic N) is 2. The second kappa shape index (κ2) is 11.0. The summed E-state index contributed by atoms with van der Waals surface area (Å²) in [6, 6.07) is 48.0. The quantitative estimate of drug-likeness (QED) is 0.188. The second-order valence-electron chi connectivity index (χ2n) is 12.6. The van der Waals surface area contributed by atoms with Gasteiger partial charge in [0.2, 0.25) is 0 Å². The molecule has 2 N–H and O–H groups in total. The van der Waals surface area contributed by atoms with Crippen molar-refractivity contribution in [2.24, 2.45) is 0 Å². The topological polar surface area (TPSA) is 53.0 Å². The highest BCUT2D eigenvalue weighted by Gasteiger charge is 2.37. The lowest BCUT2D eigenvalue weighted by atomic mass is 9.73. The number of fused-ring (bicyclic) bond motifs is 8. The van der Waals surface area contributed by atoms with Gasteiger partial charge in [0.15, 0.2) is 0 Å². The summed E-state index contributed by atoms with van der Waals surface area (Å²) in [7, 11) is 0. The van der Waals surface area contributed by atoms with Gasteiger partial charge in [0, 0.05) is 20.9 Å². The van der Waals surface area contributed by atoms with E-state index >= 15 is 0 Å². The van der Waals surface area contributed by atoms with Gasteiger partial charge < -0.3 is 10.6 Å². The van der Waals surface area contributed by atoms with Crippen molar-refractivity contribution in [1.29, 1.82) is 5.26 Å². The van der Waals surface area contributed by atoms with Gasteiger partial charge in [0.1, 0.15) is 6.07 Å². The molecule has 0 saturated heterocycles. The van der Waals surface area contributed by atoms with Crippen LogP contribution in [0.15, 0.2) is 137 Å². The van der Waals surface area contributed by atoms with Crippen LogP contribution in [-0.2, 0) is 18.3 Å². The predicted molar refractivity (Wildman–Crippen MR) is 191 cm³/mol. The molecule has 0 fully saturated rings. The van der Waals surface area contributed by atoms with E-state index in [4.69, 9.17) is 5.73 Å². The van der Waals surface area contributed by atoms with Crippen LogP contribution in [0.25, 0.3) is 22.3 Å². The SMILES string of the molecule is CC1(C)c2ccccc2N(c2cccc3c2CCc2c(ccc(C#N)c2N)-c2ccccc2Sc2ccccc2-3)c2ccccc21. The van der Waals surface area contributed by atoms with Crippen LogP contribution >= 0.6 is 11.8 Å². The molecule has 8 rings (SSSR count). The van der Waals surface area contributed by atoms with Crippen molar-refractivity contribution in [3.05, 3.63) is 155 Å². The van der Waals surface area contributed by atoms with Crippen molar-refractivity contribution in [2.45, 2.75) is 41.9 Å². The van der Waals surface area contributed by atoms with Crippen molar-refractivity contribution < 1.29 is 0 Å². The lowest BCUT2D eigenvalue weighted by molar-refractivity contribution is 0.631. The van der Waals surface area contributed by atoms with Gasteiger partial charge in [-0.3, -0.25) is 0 Å². The van der Waals surface area contributed by atoms with E-state index < -0.39 is 0 Å². The van der Waals surface area contributed by atoms with Gasteiger partial charge in [-0.2, -0.15) is 5.26 Å². The van der Waals surface area contributed by atoms with Crippen LogP contribution in [0.1, 0.15) is 41.7 Å². The average Bonchev–Trinajstić information content (AvgIpc) is 3.10. The number of hydrogen-bond acceptors (Lipinski definition) is 4. The van der Waals surface area contributed by atoms with E-state index in [1.165, 1.54) is 54.7 Å². The molecule has 0 aliphatic carbocycles. The predicted octanol–water partition coefficient (Wildman–Crippen LogP) is 10.8. The Morgan fingerprint density at radius 1 is 0.587 bits per heavy atom. The summed E-state index contributed by atoms with van der Waals surface area (Å²) < 4.78 is 0. The number of rotatable bonds is 1. The van der Waals surface area contributed by atoms with Crippen LogP contribution in [0.3, 0.4) is 0 Å². The van der Waals surface area contributed by atoms with Crippen LogP contribution in [0.2, 0.25) is 0 Å². The van der Waals surface area contributed by atoms with Gasteiger partial charge in [-0.1, -0.05) is 117 Å². The van der Waals surface area contributed by atoms with Crippen LogP contribution in [-0.4, -0.2) is 0 Å². The molecule has 2 aliphatic heterocycles. The van der Waals surface area contributed by atoms with Crippen molar-refractivity contribution >= 4 is 34.5 Å². The highest BCUT2D eigenvalue weighted by atomic mass is 32.2. The highest BCUT2D eigenvalue weighted by Crippen LogP contribution is 2.54. The molecule has 2 heterocycles. The fourth-order valence-corrected chi connectivity index (χ4v) is 8.54. The Labute approximate surface area is 275 Å². The molecule has 4 heteroatoms. The van der Waals surface area contributed by atoms with Gasteiger partial charge >= 0.3 is 0 Å². The molecular formula is C42H33N3S. The summed E-state index contributed by atoms with van der Waals surface area (Å²) in [6.07, 6.45) is 1.45. The molecule has 46 heavy (non-hydrogen) atoms. The summed E-state index contributed by atoms with van der Waals surface area (Å²) in [5, 5.41) is 9.96. The lowest BCUT2D eigenvalue weighted by Gasteiger charge is -2.42. The maximum Gasteiger partial charge on any atom is 0.101 e. The number of benzene rings is 6. The fraction of sp³-hybridized carbons (Fsp3) is 0.119. The van der Waals surface area contributed by atoms with E-state index in [2.05, 4.69) is 146 Å². The van der Waals surface area contributed by atoms with Crippen LogP contribution in [0, 0.1) is 11.3 Å². The fourth-order valence-electron chi connectivity index (χ4n) is 7.44. The Bertz CT molecular complexity index is 2160. The van der Waals surface area contributed by atoms with Crippen molar-refractivity contribution in [3.63, 3.8) is 0 Å². The first-order chi connectivity index (χ1) is 22.5. The third-order valence-corrected chi connectivity index (χ3v) is 10.9. The van der Waals surface area contributed by atoms with Crippen molar-refractivity contribution in [1.82, 2.24) is 0 Å². The number of hydrogen-bond donors (Lipinski definition) is 1. The molecule has 2 aliphatic rings. The van der Waals surface area contributed by atoms with Crippen LogP contribution in [0.5, 0.6) is 0 Å². The van der Waals surface area contributed by atoms with E-state index in [1.807, 2.05) is 6.07 Å². The Kier molecular flexibility index (Phi) is 6.74. The Hall–Kier alpha value is -5.24. The first-order valence-electron chi connectivity index (χ1n) is 15.8. The van der Waals surface area contributed by atoms with Gasteiger partial charge in [-0.25, -0.2) is 0 Å². The van der Waals surface area contributed by atoms with Gasteiger partial charge in [-0.05, 0) is 93.7 Å². The maximum absolute atomic E-state index is 9.96. The van der Waals surface area contributed by atoms with E-state index in [0.29, 0.717) is 17.7 Å². The van der Waals surface area contributed by atoms with E-state index in [9.17, 15) is 5.26 Å². The molecular weight excluding hydrogens is 579 g/mol. The molecule has 0 atom stereocenters. The molecule has 0 amide bonds. The second-order valence-corrected chi connectivity index (χ2v) is 13.6. The van der Waals surface area contributed by atoms with E-state index in [1.54, 1.807) is 11.8 Å². The minimum atomic E-state index is -0.143. The summed E-state index contributed by atoms with van der Waals surface area (Å²) in [5.41, 5.74) is 20.9. The van der Waals surface area contributed by atoms with Gasteiger partial charge in [0.25, 0.3) is 0 Å². The maximum atomic E-state index is 9.96. The van der Waals surface area contributed by atoms with Crippen molar-refractivity contribution in [2.75, 3.05) is 10.6 Å². The monoisotopic (exact) mass is 611 g/mol. The largest absolute Gasteiger partial charge is 0.397 e. The Balaban J connectivity index is 1.42. The summed E-state index contributed by atoms with van der Waals surface area (Å²) in [5.74, 6) is 0. The molecule has 0 unspecified atom stereocenters. The normalized spacial score (nSPS) is 14.2. The number of nitriles is 1. The third-order valence-electron chi connectivity index (χ3n) is 9.71. The third kappa shape index (κ3) is 4.35. The van der Waals surface area contributed by atoms with Gasteiger partial charge in [0.05, 0.1) is 22.6 Å². The van der Waals surface area contributed by atoms with Crippen LogP contribution in [0.4, 0.5) is 22.7 Å². The van der Waals surface area contributed by atoms with Crippen molar-refractivity contribution in [3.8, 4) is 28.3 Å². The Morgan fingerprint density at radius 3 is 1.72 bits per heavy atom. The number of para-hydroxylation sites is 2. The first-order valence-corrected chi connectivity index (χ1v) is 16.6. The highest BCUT2D eigenvalue weighted by molar-refractivity contribution is 7.99. The molecule has 0 bridgehead atoms. The molecule has 6 aromatic rings. The zero-order valence-corrected chi connectivity index (χ0v) is 26.7. The molecule has 0 spiro atoms. The zero-order chi connectivity index (χ0) is 31.4. The Morgan fingerprint density at radius 2 is 1.09 bits per heavy atom. The smallest absolute Gasteiger partial charge is 0.101 e. The molecule has 6 aromatic carbocycles.